The van der Waals surface area contributed by atoms with Gasteiger partial charge in [-0.25, -0.2) is 4.39 Å². The van der Waals surface area contributed by atoms with Crippen LogP contribution < -0.4 is 5.32 Å². The molecule has 144 valence electrons. The third-order valence-electron chi connectivity index (χ3n) is 4.31. The number of nitrogens with zero attached hydrogens (tertiary/aromatic N) is 1. The molecule has 0 bridgehead atoms. The maximum absolute atomic E-state index is 15.3. The standard InChI is InChI=1S/C21H24ClFN2O2/c1-5-17(25-21(3,4)11-13(2)26)15-8-9-16(22)18(19(15)23)20(27)14-7-6-10-24-12-14/h6-10,12,17,25H,5,11H2,1-4H3/t17-/m1/s1. The minimum absolute atomic E-state index is 0.0476. The summed E-state index contributed by atoms with van der Waals surface area (Å²) in [5.41, 5.74) is -0.0440. The Labute approximate surface area is 164 Å². The fourth-order valence-electron chi connectivity index (χ4n) is 3.23. The van der Waals surface area contributed by atoms with E-state index in [1.54, 1.807) is 24.4 Å². The molecule has 1 N–H and O–H groups in total. The second kappa shape index (κ2) is 8.72. The number of carbonyl (C=O) groups is 2. The largest absolute Gasteiger partial charge is 0.304 e. The van der Waals surface area contributed by atoms with Crippen LogP contribution in [0.3, 0.4) is 0 Å². The maximum atomic E-state index is 15.3. The van der Waals surface area contributed by atoms with Crippen LogP contribution in [0.4, 0.5) is 4.39 Å². The molecular formula is C21H24ClFN2O2. The van der Waals surface area contributed by atoms with Crippen molar-refractivity contribution in [3.63, 3.8) is 0 Å². The van der Waals surface area contributed by atoms with E-state index in [1.165, 1.54) is 19.2 Å². The molecular weight excluding hydrogens is 367 g/mol. The molecule has 0 unspecified atom stereocenters. The number of pyridine rings is 1. The Kier molecular flexibility index (Phi) is 6.84. The summed E-state index contributed by atoms with van der Waals surface area (Å²) in [5.74, 6) is -1.11. The monoisotopic (exact) mass is 390 g/mol. The van der Waals surface area contributed by atoms with Crippen LogP contribution in [-0.4, -0.2) is 22.1 Å². The summed E-state index contributed by atoms with van der Waals surface area (Å²) in [5, 5.41) is 3.39. The Morgan fingerprint density at radius 1 is 1.30 bits per heavy atom. The van der Waals surface area contributed by atoms with Gasteiger partial charge in [0, 0.05) is 41.5 Å². The van der Waals surface area contributed by atoms with Crippen LogP contribution >= 0.6 is 11.6 Å². The van der Waals surface area contributed by atoms with Gasteiger partial charge >= 0.3 is 0 Å². The first-order chi connectivity index (χ1) is 12.7. The molecule has 0 spiro atoms. The van der Waals surface area contributed by atoms with Crippen LogP contribution in [0.1, 0.15) is 68.1 Å². The van der Waals surface area contributed by atoms with Crippen LogP contribution in [0.15, 0.2) is 36.7 Å². The van der Waals surface area contributed by atoms with Crippen LogP contribution in [-0.2, 0) is 4.79 Å². The number of carbonyl (C=O) groups excluding carboxylic acids is 2. The van der Waals surface area contributed by atoms with Crippen LogP contribution in [0.2, 0.25) is 5.02 Å². The second-order valence-electron chi connectivity index (χ2n) is 7.26. The first-order valence-electron chi connectivity index (χ1n) is 8.86. The minimum Gasteiger partial charge on any atom is -0.304 e. The summed E-state index contributed by atoms with van der Waals surface area (Å²) in [4.78, 5) is 28.2. The van der Waals surface area contributed by atoms with Crippen molar-refractivity contribution in [1.29, 1.82) is 0 Å². The van der Waals surface area contributed by atoms with E-state index in [4.69, 9.17) is 11.6 Å². The predicted molar refractivity (Wildman–Crippen MR) is 105 cm³/mol. The van der Waals surface area contributed by atoms with Gasteiger partial charge in [0.05, 0.1) is 10.6 Å². The molecule has 0 amide bonds. The summed E-state index contributed by atoms with van der Waals surface area (Å²) in [6.45, 7) is 7.23. The fourth-order valence-corrected chi connectivity index (χ4v) is 3.46. The van der Waals surface area contributed by atoms with Gasteiger partial charge in [0.15, 0.2) is 5.78 Å². The fraction of sp³-hybridized carbons (Fsp3) is 0.381. The van der Waals surface area contributed by atoms with Crippen molar-refractivity contribution in [1.82, 2.24) is 10.3 Å². The number of rotatable bonds is 8. The van der Waals surface area contributed by atoms with Gasteiger partial charge in [0.25, 0.3) is 0 Å². The van der Waals surface area contributed by atoms with Gasteiger partial charge in [-0.05, 0) is 45.4 Å². The number of ketones is 2. The minimum atomic E-state index is -0.644. The Morgan fingerprint density at radius 2 is 2.00 bits per heavy atom. The predicted octanol–water partition coefficient (Wildman–Crippen LogP) is 4.90. The van der Waals surface area contributed by atoms with E-state index in [9.17, 15) is 9.59 Å². The normalized spacial score (nSPS) is 12.7. The van der Waals surface area contributed by atoms with E-state index < -0.39 is 17.1 Å². The van der Waals surface area contributed by atoms with Crippen molar-refractivity contribution in [2.45, 2.75) is 52.1 Å². The van der Waals surface area contributed by atoms with Crippen molar-refractivity contribution < 1.29 is 14.0 Å². The average molecular weight is 391 g/mol. The molecule has 1 atom stereocenters. The number of nitrogens with one attached hydrogen (secondary N) is 1. The number of hydrogen-bond donors (Lipinski definition) is 1. The SMILES string of the molecule is CC[C@@H](NC(C)(C)CC(C)=O)c1ccc(Cl)c(C(=O)c2cccnc2)c1F. The third kappa shape index (κ3) is 5.21. The maximum Gasteiger partial charge on any atom is 0.199 e. The highest BCUT2D eigenvalue weighted by atomic mass is 35.5. The lowest BCUT2D eigenvalue weighted by Crippen LogP contribution is -2.43. The Bertz CT molecular complexity index is 838. The molecule has 6 heteroatoms. The molecule has 1 aromatic carbocycles. The number of benzene rings is 1. The van der Waals surface area contributed by atoms with E-state index in [-0.39, 0.29) is 28.0 Å². The zero-order chi connectivity index (χ0) is 20.2. The Morgan fingerprint density at radius 3 is 2.56 bits per heavy atom. The molecule has 0 aliphatic carbocycles. The number of Topliss-reactive ketones (excluding diaryl/α,β-unsaturated/α-hetero) is 1. The topological polar surface area (TPSA) is 59.1 Å². The Hall–Kier alpha value is -2.11. The zero-order valence-corrected chi connectivity index (χ0v) is 16.7. The Balaban J connectivity index is 2.43. The zero-order valence-electron chi connectivity index (χ0n) is 16.0. The number of hydrogen-bond acceptors (Lipinski definition) is 4. The highest BCUT2D eigenvalue weighted by molar-refractivity contribution is 6.35. The molecule has 1 heterocycles. The smallest absolute Gasteiger partial charge is 0.199 e. The van der Waals surface area contributed by atoms with E-state index in [2.05, 4.69) is 10.3 Å². The molecule has 2 rings (SSSR count). The summed E-state index contributed by atoms with van der Waals surface area (Å²) in [7, 11) is 0. The van der Waals surface area contributed by atoms with Crippen molar-refractivity contribution in [3.8, 4) is 0 Å². The summed E-state index contributed by atoms with van der Waals surface area (Å²) in [6, 6.07) is 5.94. The van der Waals surface area contributed by atoms with Crippen molar-refractivity contribution in [2.75, 3.05) is 0 Å². The quantitative estimate of drug-likeness (QED) is 0.651. The van der Waals surface area contributed by atoms with Gasteiger partial charge in [-0.15, -0.1) is 0 Å². The molecule has 0 saturated heterocycles. The molecule has 0 radical (unpaired) electrons. The van der Waals surface area contributed by atoms with Gasteiger partial charge < -0.3 is 5.32 Å². The van der Waals surface area contributed by atoms with Crippen LogP contribution in [0, 0.1) is 5.82 Å². The number of aromatic nitrogens is 1. The van der Waals surface area contributed by atoms with Gasteiger partial charge in [-0.3, -0.25) is 14.6 Å². The van der Waals surface area contributed by atoms with Gasteiger partial charge in [-0.2, -0.15) is 0 Å². The van der Waals surface area contributed by atoms with Crippen molar-refractivity contribution in [2.24, 2.45) is 0 Å². The average Bonchev–Trinajstić information content (AvgIpc) is 2.59. The van der Waals surface area contributed by atoms with E-state index in [0.29, 0.717) is 18.4 Å². The van der Waals surface area contributed by atoms with Crippen LogP contribution in [0.25, 0.3) is 0 Å². The van der Waals surface area contributed by atoms with Gasteiger partial charge in [-0.1, -0.05) is 24.6 Å². The molecule has 0 aliphatic rings. The van der Waals surface area contributed by atoms with E-state index in [1.807, 2.05) is 20.8 Å². The van der Waals surface area contributed by atoms with E-state index >= 15 is 4.39 Å². The van der Waals surface area contributed by atoms with E-state index in [0.717, 1.165) is 0 Å². The van der Waals surface area contributed by atoms with Crippen LogP contribution in [0.5, 0.6) is 0 Å². The molecule has 2 aromatic rings. The lowest BCUT2D eigenvalue weighted by atomic mass is 9.92. The third-order valence-corrected chi connectivity index (χ3v) is 4.63. The number of halogens is 2. The van der Waals surface area contributed by atoms with Crippen molar-refractivity contribution >= 4 is 23.2 Å². The lowest BCUT2D eigenvalue weighted by Gasteiger charge is -2.31. The highest BCUT2D eigenvalue weighted by Gasteiger charge is 2.28. The van der Waals surface area contributed by atoms with Crippen molar-refractivity contribution in [3.05, 3.63) is 64.2 Å². The second-order valence-corrected chi connectivity index (χ2v) is 7.67. The molecule has 0 saturated carbocycles. The van der Waals surface area contributed by atoms with Gasteiger partial charge in [0.1, 0.15) is 11.6 Å². The molecule has 4 nitrogen and oxygen atoms in total. The molecule has 27 heavy (non-hydrogen) atoms. The molecule has 0 fully saturated rings. The first-order valence-corrected chi connectivity index (χ1v) is 9.24. The summed E-state index contributed by atoms with van der Waals surface area (Å²) >= 11 is 6.15. The highest BCUT2D eigenvalue weighted by Crippen LogP contribution is 2.31. The summed E-state index contributed by atoms with van der Waals surface area (Å²) in [6.07, 6.45) is 3.83. The lowest BCUT2D eigenvalue weighted by molar-refractivity contribution is -0.118. The van der Waals surface area contributed by atoms with Gasteiger partial charge in [0.2, 0.25) is 0 Å². The molecule has 1 aromatic heterocycles. The summed E-state index contributed by atoms with van der Waals surface area (Å²) < 4.78 is 15.3. The first kappa shape index (κ1) is 21.2. The molecule has 0 aliphatic heterocycles.